The standard InChI is InChI=1S/C13H9F2N3OS/c14-10-4-11(15)12(3-9(10)13(17)19)18-6-8-2-1-7(5-16)20-8/h1-4,18H,6H2,(H2,17,19). The molecular formula is C13H9F2N3OS. The van der Waals surface area contributed by atoms with Crippen LogP contribution in [0.25, 0.3) is 0 Å². The highest BCUT2D eigenvalue weighted by molar-refractivity contribution is 7.12. The van der Waals surface area contributed by atoms with Crippen molar-refractivity contribution in [3.63, 3.8) is 0 Å². The molecule has 7 heteroatoms. The van der Waals surface area contributed by atoms with Crippen LogP contribution in [0.3, 0.4) is 0 Å². The maximum absolute atomic E-state index is 13.6. The van der Waals surface area contributed by atoms with Crippen molar-refractivity contribution in [1.29, 1.82) is 5.26 Å². The lowest BCUT2D eigenvalue weighted by atomic mass is 10.1. The predicted molar refractivity (Wildman–Crippen MR) is 71.2 cm³/mol. The molecule has 0 bridgehead atoms. The van der Waals surface area contributed by atoms with Crippen LogP contribution in [-0.4, -0.2) is 5.91 Å². The molecule has 1 aromatic heterocycles. The summed E-state index contributed by atoms with van der Waals surface area (Å²) < 4.78 is 26.9. The Bertz CT molecular complexity index is 706. The smallest absolute Gasteiger partial charge is 0.251 e. The van der Waals surface area contributed by atoms with Gasteiger partial charge >= 0.3 is 0 Å². The molecule has 0 aliphatic rings. The molecule has 0 atom stereocenters. The molecule has 0 aliphatic heterocycles. The third-order valence-electron chi connectivity index (χ3n) is 2.55. The number of nitrogens with one attached hydrogen (secondary N) is 1. The van der Waals surface area contributed by atoms with E-state index in [-0.39, 0.29) is 17.8 Å². The van der Waals surface area contributed by atoms with Gasteiger partial charge in [0.2, 0.25) is 0 Å². The van der Waals surface area contributed by atoms with Gasteiger partial charge in [0.05, 0.1) is 11.3 Å². The quantitative estimate of drug-likeness (QED) is 0.909. The van der Waals surface area contributed by atoms with Crippen LogP contribution in [0, 0.1) is 23.0 Å². The number of hydrogen-bond donors (Lipinski definition) is 2. The van der Waals surface area contributed by atoms with Gasteiger partial charge in [-0.15, -0.1) is 11.3 Å². The summed E-state index contributed by atoms with van der Waals surface area (Å²) in [6.07, 6.45) is 0. The van der Waals surface area contributed by atoms with E-state index >= 15 is 0 Å². The van der Waals surface area contributed by atoms with Crippen LogP contribution < -0.4 is 11.1 Å². The number of benzene rings is 1. The molecule has 0 fully saturated rings. The fourth-order valence-corrected chi connectivity index (χ4v) is 2.33. The van der Waals surface area contributed by atoms with Gasteiger partial charge in [0.25, 0.3) is 5.91 Å². The number of carbonyl (C=O) groups is 1. The van der Waals surface area contributed by atoms with E-state index in [0.29, 0.717) is 10.9 Å². The van der Waals surface area contributed by atoms with Crippen molar-refractivity contribution in [2.24, 2.45) is 5.73 Å². The normalized spacial score (nSPS) is 10.1. The van der Waals surface area contributed by atoms with E-state index in [0.717, 1.165) is 10.9 Å². The molecule has 102 valence electrons. The van der Waals surface area contributed by atoms with Crippen LogP contribution in [0.4, 0.5) is 14.5 Å². The zero-order chi connectivity index (χ0) is 14.7. The summed E-state index contributed by atoms with van der Waals surface area (Å²) in [6.45, 7) is 0.257. The van der Waals surface area contributed by atoms with Crippen LogP contribution in [-0.2, 0) is 6.54 Å². The van der Waals surface area contributed by atoms with E-state index < -0.39 is 17.5 Å². The second kappa shape index (κ2) is 5.67. The summed E-state index contributed by atoms with van der Waals surface area (Å²) in [5, 5.41) is 11.4. The van der Waals surface area contributed by atoms with E-state index in [4.69, 9.17) is 11.0 Å². The van der Waals surface area contributed by atoms with Gasteiger partial charge in [0, 0.05) is 17.5 Å². The molecule has 0 radical (unpaired) electrons. The fourth-order valence-electron chi connectivity index (χ4n) is 1.59. The first kappa shape index (κ1) is 14.0. The van der Waals surface area contributed by atoms with E-state index in [9.17, 15) is 13.6 Å². The van der Waals surface area contributed by atoms with Gasteiger partial charge in [-0.1, -0.05) is 0 Å². The summed E-state index contributed by atoms with van der Waals surface area (Å²) in [4.78, 5) is 12.4. The summed E-state index contributed by atoms with van der Waals surface area (Å²) in [6, 6.07) is 7.02. The molecule has 1 aromatic carbocycles. The van der Waals surface area contributed by atoms with E-state index in [2.05, 4.69) is 5.32 Å². The van der Waals surface area contributed by atoms with Gasteiger partial charge in [-0.25, -0.2) is 8.78 Å². The number of rotatable bonds is 4. The summed E-state index contributed by atoms with van der Waals surface area (Å²) in [7, 11) is 0. The van der Waals surface area contributed by atoms with E-state index in [1.807, 2.05) is 6.07 Å². The average molecular weight is 293 g/mol. The number of halogens is 2. The van der Waals surface area contributed by atoms with Crippen molar-refractivity contribution in [3.8, 4) is 6.07 Å². The Balaban J connectivity index is 2.19. The first-order valence-electron chi connectivity index (χ1n) is 5.53. The molecule has 3 N–H and O–H groups in total. The molecule has 0 aliphatic carbocycles. The molecule has 0 saturated heterocycles. The van der Waals surface area contributed by atoms with E-state index in [1.165, 1.54) is 11.3 Å². The number of nitriles is 1. The number of thiophene rings is 1. The summed E-state index contributed by atoms with van der Waals surface area (Å²) in [5.41, 5.74) is 4.60. The van der Waals surface area contributed by atoms with Crippen molar-refractivity contribution in [1.82, 2.24) is 0 Å². The van der Waals surface area contributed by atoms with Gasteiger partial charge < -0.3 is 11.1 Å². The Morgan fingerprint density at radius 1 is 1.35 bits per heavy atom. The highest BCUT2D eigenvalue weighted by Crippen LogP contribution is 2.22. The average Bonchev–Trinajstić information content (AvgIpc) is 2.85. The summed E-state index contributed by atoms with van der Waals surface area (Å²) in [5.74, 6) is -2.78. The van der Waals surface area contributed by atoms with Crippen molar-refractivity contribution in [2.75, 3.05) is 5.32 Å². The number of nitrogens with two attached hydrogens (primary N) is 1. The van der Waals surface area contributed by atoms with Crippen molar-refractivity contribution in [3.05, 3.63) is 51.2 Å². The maximum atomic E-state index is 13.6. The van der Waals surface area contributed by atoms with Gasteiger partial charge in [0.15, 0.2) is 0 Å². The Labute approximate surface area is 117 Å². The highest BCUT2D eigenvalue weighted by Gasteiger charge is 2.13. The Morgan fingerprint density at radius 2 is 2.10 bits per heavy atom. The first-order chi connectivity index (χ1) is 9.51. The van der Waals surface area contributed by atoms with Crippen molar-refractivity contribution in [2.45, 2.75) is 6.54 Å². The summed E-state index contributed by atoms with van der Waals surface area (Å²) >= 11 is 1.26. The number of anilines is 1. The van der Waals surface area contributed by atoms with Crippen molar-refractivity contribution < 1.29 is 13.6 Å². The number of nitrogens with zero attached hydrogens (tertiary/aromatic N) is 1. The predicted octanol–water partition coefficient (Wildman–Crippen LogP) is 2.61. The SMILES string of the molecule is N#Cc1ccc(CNc2cc(C(N)=O)c(F)cc2F)s1. The minimum atomic E-state index is -0.997. The number of primary amides is 1. The molecular weight excluding hydrogens is 284 g/mol. The molecule has 0 unspecified atom stereocenters. The molecule has 1 amide bonds. The molecule has 1 heterocycles. The monoisotopic (exact) mass is 293 g/mol. The van der Waals surface area contributed by atoms with Gasteiger partial charge in [-0.2, -0.15) is 5.26 Å². The van der Waals surface area contributed by atoms with Crippen LogP contribution in [0.15, 0.2) is 24.3 Å². The van der Waals surface area contributed by atoms with Gasteiger partial charge in [0.1, 0.15) is 22.6 Å². The molecule has 4 nitrogen and oxygen atoms in total. The third-order valence-corrected chi connectivity index (χ3v) is 3.54. The molecule has 2 rings (SSSR count). The largest absolute Gasteiger partial charge is 0.378 e. The lowest BCUT2D eigenvalue weighted by Gasteiger charge is -2.08. The zero-order valence-corrected chi connectivity index (χ0v) is 10.9. The first-order valence-corrected chi connectivity index (χ1v) is 6.34. The minimum Gasteiger partial charge on any atom is -0.378 e. The van der Waals surface area contributed by atoms with Crippen LogP contribution in [0.2, 0.25) is 0 Å². The minimum absolute atomic E-state index is 0.0212. The second-order valence-corrected chi connectivity index (χ2v) is 5.08. The Kier molecular flexibility index (Phi) is 3.96. The Morgan fingerprint density at radius 3 is 2.70 bits per heavy atom. The topological polar surface area (TPSA) is 78.9 Å². The van der Waals surface area contributed by atoms with Gasteiger partial charge in [-0.05, 0) is 18.2 Å². The van der Waals surface area contributed by atoms with Crippen molar-refractivity contribution >= 4 is 22.9 Å². The molecule has 0 saturated carbocycles. The number of hydrogen-bond acceptors (Lipinski definition) is 4. The van der Waals surface area contributed by atoms with Crippen LogP contribution in [0.5, 0.6) is 0 Å². The fraction of sp³-hybridized carbons (Fsp3) is 0.0769. The van der Waals surface area contributed by atoms with Crippen LogP contribution >= 0.6 is 11.3 Å². The second-order valence-electron chi connectivity index (χ2n) is 3.91. The third kappa shape index (κ3) is 2.92. The highest BCUT2D eigenvalue weighted by atomic mass is 32.1. The molecule has 20 heavy (non-hydrogen) atoms. The lowest BCUT2D eigenvalue weighted by Crippen LogP contribution is -2.14. The Hall–Kier alpha value is -2.46. The number of amides is 1. The molecule has 2 aromatic rings. The maximum Gasteiger partial charge on any atom is 0.251 e. The van der Waals surface area contributed by atoms with Crippen LogP contribution in [0.1, 0.15) is 20.1 Å². The van der Waals surface area contributed by atoms with E-state index in [1.54, 1.807) is 12.1 Å². The van der Waals surface area contributed by atoms with Gasteiger partial charge in [-0.3, -0.25) is 4.79 Å². The number of carbonyl (C=O) groups excluding carboxylic acids is 1. The molecule has 0 spiro atoms. The zero-order valence-electron chi connectivity index (χ0n) is 10.1. The lowest BCUT2D eigenvalue weighted by molar-refractivity contribution is 0.0996.